The van der Waals surface area contributed by atoms with Gasteiger partial charge in [-0.05, 0) is 19.0 Å². The number of nitrogens with two attached hydrogens (primary N) is 1. The maximum absolute atomic E-state index is 5.53. The maximum atomic E-state index is 5.53. The SMILES string of the molecule is NCCC[SiH2]O[SiH2]O[SiH2]O[SiH2]O[SiH2]O[SiH2]O[SiH2]O[SiH2]O[SiH2]O[SiH3]. The Balaban J connectivity index is 2.92. The van der Waals surface area contributed by atoms with Crippen LogP contribution < -0.4 is 5.73 Å². The van der Waals surface area contributed by atoms with Crippen LogP contribution in [0.15, 0.2) is 0 Å². The van der Waals surface area contributed by atoms with Gasteiger partial charge in [0.1, 0.15) is 20.2 Å². The molecule has 2 N–H and O–H groups in total. The summed E-state index contributed by atoms with van der Waals surface area (Å²) in [6.07, 6.45) is 1.06. The van der Waals surface area contributed by atoms with Crippen molar-refractivity contribution in [1.29, 1.82) is 0 Å². The Hall–Kier alpha value is 1.77. The van der Waals surface area contributed by atoms with E-state index in [4.69, 9.17) is 42.8 Å². The van der Waals surface area contributed by atoms with Crippen molar-refractivity contribution in [2.75, 3.05) is 6.54 Å². The first-order valence-corrected chi connectivity index (χ1v) is 18.9. The van der Waals surface area contributed by atoms with Gasteiger partial charge in [0.25, 0.3) is 80.1 Å². The van der Waals surface area contributed by atoms with Crippen molar-refractivity contribution in [2.24, 2.45) is 5.73 Å². The number of hydrogen-bond acceptors (Lipinski definition) is 10. The van der Waals surface area contributed by atoms with E-state index in [0.717, 1.165) is 29.5 Å². The fourth-order valence-corrected chi connectivity index (χ4v) is 17.7. The molecule has 0 saturated heterocycles. The zero-order valence-corrected chi connectivity index (χ0v) is 28.5. The van der Waals surface area contributed by atoms with Crippen molar-refractivity contribution < 1.29 is 37.0 Å². The van der Waals surface area contributed by atoms with Crippen LogP contribution in [0.2, 0.25) is 6.04 Å². The summed E-state index contributed by atoms with van der Waals surface area (Å²) in [5.41, 5.74) is 5.41. The van der Waals surface area contributed by atoms with Gasteiger partial charge >= 0.3 is 0 Å². The largest absolute Gasteiger partial charge is 0.449 e. The van der Waals surface area contributed by atoms with Gasteiger partial charge < -0.3 is 42.8 Å². The molecule has 0 radical (unpaired) electrons. The topological polar surface area (TPSA) is 109 Å². The normalized spacial score (nSPS) is 16.0. The minimum atomic E-state index is -0.936. The Bertz CT molecular complexity index is 202. The van der Waals surface area contributed by atoms with Crippen molar-refractivity contribution in [1.82, 2.24) is 0 Å². The van der Waals surface area contributed by atoms with Crippen molar-refractivity contribution in [3.63, 3.8) is 0 Å². The third-order valence-corrected chi connectivity index (χ3v) is 15.0. The highest BCUT2D eigenvalue weighted by atomic mass is 28.4. The molecule has 0 rings (SSSR count). The molecule has 0 bridgehead atoms. The predicted octanol–water partition coefficient (Wildman–Crippen LogP) is -9.74. The monoisotopic (exact) mass is 503 g/mol. The molecule has 0 saturated carbocycles. The van der Waals surface area contributed by atoms with E-state index in [-0.39, 0.29) is 0 Å². The Kier molecular flexibility index (Phi) is 25.6. The van der Waals surface area contributed by atoms with Crippen LogP contribution in [0.3, 0.4) is 0 Å². The van der Waals surface area contributed by atoms with E-state index in [1.807, 2.05) is 0 Å². The second-order valence-corrected chi connectivity index (χ2v) is 22.4. The summed E-state index contributed by atoms with van der Waals surface area (Å²) < 4.78 is 48.2. The Morgan fingerprint density at radius 2 is 1.00 bits per heavy atom. The van der Waals surface area contributed by atoms with Crippen LogP contribution in [0.5, 0.6) is 0 Å². The first kappa shape index (κ1) is 24.8. The molecule has 0 aliphatic carbocycles. The molecule has 0 aromatic carbocycles. The molecule has 0 aliphatic rings. The Labute approximate surface area is 161 Å². The van der Waals surface area contributed by atoms with Gasteiger partial charge in [0.2, 0.25) is 0 Å². The van der Waals surface area contributed by atoms with E-state index in [1.165, 1.54) is 0 Å². The second kappa shape index (κ2) is 23.8. The van der Waals surface area contributed by atoms with Crippen LogP contribution in [-0.4, -0.2) is 107 Å². The molecule has 10 nitrogen and oxygen atoms in total. The quantitative estimate of drug-likeness (QED) is 0.127. The van der Waals surface area contributed by atoms with Gasteiger partial charge in [0, 0.05) is 0 Å². The van der Waals surface area contributed by atoms with Gasteiger partial charge in [-0.2, -0.15) is 0 Å². The van der Waals surface area contributed by atoms with Gasteiger partial charge in [-0.15, -0.1) is 0 Å². The average molecular weight is 504 g/mol. The summed E-state index contributed by atoms with van der Waals surface area (Å²) >= 11 is 0. The lowest BCUT2D eigenvalue weighted by Crippen LogP contribution is -2.21. The minimum absolute atomic E-state index is 0.398. The third kappa shape index (κ3) is 23.8. The molecular formula is C3H29NO9Si10. The van der Waals surface area contributed by atoms with Crippen molar-refractivity contribution in [2.45, 2.75) is 12.5 Å². The summed E-state index contributed by atoms with van der Waals surface area (Å²) in [6, 6.07) is 1.14. The van der Waals surface area contributed by atoms with Gasteiger partial charge in [-0.1, -0.05) is 0 Å². The number of rotatable bonds is 20. The van der Waals surface area contributed by atoms with Crippen LogP contribution in [0.25, 0.3) is 0 Å². The van der Waals surface area contributed by atoms with Gasteiger partial charge in [0.15, 0.2) is 0 Å². The van der Waals surface area contributed by atoms with Crippen LogP contribution in [0, 0.1) is 0 Å². The first-order valence-electron chi connectivity index (χ1n) is 7.22. The van der Waals surface area contributed by atoms with Gasteiger partial charge in [-0.25, -0.2) is 0 Å². The Morgan fingerprint density at radius 1 is 0.609 bits per heavy atom. The van der Waals surface area contributed by atoms with E-state index >= 15 is 0 Å². The van der Waals surface area contributed by atoms with E-state index in [2.05, 4.69) is 0 Å². The van der Waals surface area contributed by atoms with Crippen LogP contribution in [-0.2, 0) is 37.0 Å². The summed E-state index contributed by atoms with van der Waals surface area (Å²) in [5.74, 6) is 0. The lowest BCUT2D eigenvalue weighted by atomic mass is 10.5. The first-order chi connectivity index (χ1) is 11.4. The summed E-state index contributed by atoms with van der Waals surface area (Å²) in [7, 11) is -6.64. The van der Waals surface area contributed by atoms with E-state index in [1.54, 1.807) is 0 Å². The molecule has 0 aliphatic heterocycles. The highest BCUT2D eigenvalue weighted by molar-refractivity contribution is 6.49. The third-order valence-electron chi connectivity index (χ3n) is 2.11. The van der Waals surface area contributed by atoms with Crippen LogP contribution >= 0.6 is 0 Å². The highest BCUT2D eigenvalue weighted by Gasteiger charge is 1.96. The van der Waals surface area contributed by atoms with E-state index in [0.29, 0.717) is 0 Å². The van der Waals surface area contributed by atoms with E-state index in [9.17, 15) is 0 Å². The molecular weight excluding hydrogens is 475 g/mol. The standard InChI is InChI=1S/C3H29NO9Si10/c4-2-1-3-15-6-17-8-19-10-21-12-23-13-22-11-20-9-18-7-16-5-14/h1-4,15-23H2,14H3. The van der Waals surface area contributed by atoms with Gasteiger partial charge in [-0.3, -0.25) is 0 Å². The minimum Gasteiger partial charge on any atom is -0.449 e. The lowest BCUT2D eigenvalue weighted by Gasteiger charge is -2.08. The molecule has 0 amide bonds. The highest BCUT2D eigenvalue weighted by Crippen LogP contribution is 1.85. The Morgan fingerprint density at radius 3 is 1.39 bits per heavy atom. The van der Waals surface area contributed by atoms with Crippen LogP contribution in [0.1, 0.15) is 6.42 Å². The maximum Gasteiger partial charge on any atom is 0.286 e. The zero-order chi connectivity index (χ0) is 16.8. The number of hydrogen-bond donors (Lipinski definition) is 1. The van der Waals surface area contributed by atoms with E-state index < -0.39 is 89.8 Å². The molecule has 0 atom stereocenters. The van der Waals surface area contributed by atoms with Crippen molar-refractivity contribution >= 4 is 100 Å². The fraction of sp³-hybridized carbons (Fsp3) is 1.00. The summed E-state index contributed by atoms with van der Waals surface area (Å²) in [5, 5.41) is 0. The molecule has 140 valence electrons. The molecule has 0 aromatic rings. The molecule has 0 aromatic heterocycles. The predicted molar refractivity (Wildman–Crippen MR) is 115 cm³/mol. The fourth-order valence-electron chi connectivity index (χ4n) is 1.14. The molecule has 0 unspecified atom stereocenters. The molecule has 20 heteroatoms. The lowest BCUT2D eigenvalue weighted by molar-refractivity contribution is 0.364. The second-order valence-electron chi connectivity index (χ2n) is 4.06. The summed E-state index contributed by atoms with van der Waals surface area (Å²) in [6.45, 7) is 0.752. The smallest absolute Gasteiger partial charge is 0.286 e. The molecule has 0 spiro atoms. The average Bonchev–Trinajstić information content (AvgIpc) is 2.57. The van der Waals surface area contributed by atoms with Crippen LogP contribution in [0.4, 0.5) is 0 Å². The van der Waals surface area contributed by atoms with Gasteiger partial charge in [0.05, 0.1) is 0 Å². The van der Waals surface area contributed by atoms with Crippen molar-refractivity contribution in [3.05, 3.63) is 0 Å². The zero-order valence-electron chi connectivity index (χ0n) is 13.7. The molecule has 0 fully saturated rings. The molecule has 0 heterocycles. The van der Waals surface area contributed by atoms with Crippen molar-refractivity contribution in [3.8, 4) is 0 Å². The molecule has 23 heavy (non-hydrogen) atoms. The summed E-state index contributed by atoms with van der Waals surface area (Å²) in [4.78, 5) is 0.